The van der Waals surface area contributed by atoms with Gasteiger partial charge >= 0.3 is 0 Å². The second kappa shape index (κ2) is 8.76. The highest BCUT2D eigenvalue weighted by Gasteiger charge is 2.23. The van der Waals surface area contributed by atoms with E-state index >= 15 is 0 Å². The molecule has 0 unspecified atom stereocenters. The van der Waals surface area contributed by atoms with E-state index in [-0.39, 0.29) is 5.91 Å². The van der Waals surface area contributed by atoms with Crippen molar-refractivity contribution in [3.8, 4) is 0 Å². The summed E-state index contributed by atoms with van der Waals surface area (Å²) in [7, 11) is 0. The number of carbonyl (C=O) groups excluding carboxylic acids is 1. The summed E-state index contributed by atoms with van der Waals surface area (Å²) in [6.07, 6.45) is 0.483. The van der Waals surface area contributed by atoms with Crippen LogP contribution in [0.2, 0.25) is 0 Å². The van der Waals surface area contributed by atoms with Gasteiger partial charge in [0, 0.05) is 31.1 Å². The van der Waals surface area contributed by atoms with Gasteiger partial charge in [-0.25, -0.2) is 4.98 Å². The van der Waals surface area contributed by atoms with Crippen LogP contribution in [0, 0.1) is 13.8 Å². The number of hydrogen-bond donors (Lipinski definition) is 0. The van der Waals surface area contributed by atoms with Crippen LogP contribution in [0.5, 0.6) is 0 Å². The Hall–Kier alpha value is -2.05. The van der Waals surface area contributed by atoms with Crippen molar-refractivity contribution in [2.75, 3.05) is 36.8 Å². The molecule has 0 saturated carbocycles. The molecule has 0 N–H and O–H groups in total. The van der Waals surface area contributed by atoms with Crippen molar-refractivity contribution < 1.29 is 4.79 Å². The molecule has 1 aliphatic heterocycles. The lowest BCUT2D eigenvalue weighted by molar-refractivity contribution is -0.130. The number of hydrogen-bond acceptors (Lipinski definition) is 5. The predicted octanol–water partition coefficient (Wildman–Crippen LogP) is 4.92. The highest BCUT2D eigenvalue weighted by molar-refractivity contribution is 7.99. The van der Waals surface area contributed by atoms with Gasteiger partial charge in [-0.3, -0.25) is 4.79 Å². The average Bonchev–Trinajstić information content (AvgIpc) is 3.19. The predicted molar refractivity (Wildman–Crippen MR) is 124 cm³/mol. The van der Waals surface area contributed by atoms with Gasteiger partial charge in [-0.15, -0.1) is 11.8 Å². The maximum absolute atomic E-state index is 12.7. The lowest BCUT2D eigenvalue weighted by Crippen LogP contribution is -2.49. The molecule has 1 aliphatic rings. The summed E-state index contributed by atoms with van der Waals surface area (Å²) in [6.45, 7) is 9.63. The summed E-state index contributed by atoms with van der Waals surface area (Å²) < 4.78 is 1.28. The van der Waals surface area contributed by atoms with E-state index in [1.807, 2.05) is 16.7 Å². The van der Waals surface area contributed by atoms with Crippen LogP contribution in [0.15, 0.2) is 41.3 Å². The molecule has 0 bridgehead atoms. The zero-order valence-corrected chi connectivity index (χ0v) is 18.9. The molecular formula is C23H27N3OS2. The molecule has 0 aliphatic carbocycles. The molecule has 0 radical (unpaired) electrons. The Kier molecular flexibility index (Phi) is 6.11. The third-order valence-corrected chi connectivity index (χ3v) is 7.57. The molecule has 1 aromatic heterocycles. The number of nitrogens with zero attached hydrogens (tertiary/aromatic N) is 3. The van der Waals surface area contributed by atoms with E-state index in [9.17, 15) is 4.79 Å². The maximum Gasteiger partial charge on any atom is 0.227 e. The number of aromatic nitrogens is 1. The molecule has 2 aromatic carbocycles. The number of benzene rings is 2. The summed E-state index contributed by atoms with van der Waals surface area (Å²) in [6, 6.07) is 12.7. The van der Waals surface area contributed by atoms with Gasteiger partial charge in [0.2, 0.25) is 5.91 Å². The van der Waals surface area contributed by atoms with Crippen molar-refractivity contribution in [1.82, 2.24) is 9.88 Å². The zero-order valence-electron chi connectivity index (χ0n) is 17.3. The molecule has 1 saturated heterocycles. The smallest absolute Gasteiger partial charge is 0.227 e. The van der Waals surface area contributed by atoms with Crippen molar-refractivity contribution in [1.29, 1.82) is 0 Å². The Morgan fingerprint density at radius 1 is 1.03 bits per heavy atom. The average molecular weight is 426 g/mol. The second-order valence-electron chi connectivity index (χ2n) is 7.50. The topological polar surface area (TPSA) is 36.4 Å². The molecule has 3 aromatic rings. The van der Waals surface area contributed by atoms with Crippen molar-refractivity contribution in [2.24, 2.45) is 0 Å². The molecule has 1 fully saturated rings. The minimum absolute atomic E-state index is 0.219. The SMILES string of the molecule is CCSc1ccc(CC(=O)N2CCN(c3nc4c(C)ccc(C)c4s3)CC2)cc1. The van der Waals surface area contributed by atoms with Gasteiger partial charge < -0.3 is 9.80 Å². The first-order valence-corrected chi connectivity index (χ1v) is 12.0. The second-order valence-corrected chi connectivity index (χ2v) is 9.81. The molecule has 2 heterocycles. The quantitative estimate of drug-likeness (QED) is 0.544. The van der Waals surface area contributed by atoms with Crippen molar-refractivity contribution >= 4 is 44.4 Å². The Morgan fingerprint density at radius 3 is 2.38 bits per heavy atom. The van der Waals surface area contributed by atoms with E-state index < -0.39 is 0 Å². The van der Waals surface area contributed by atoms with Gasteiger partial charge in [-0.2, -0.15) is 0 Å². The van der Waals surface area contributed by atoms with Gasteiger partial charge in [0.05, 0.1) is 16.6 Å². The fraction of sp³-hybridized carbons (Fsp3) is 0.391. The van der Waals surface area contributed by atoms with Crippen LogP contribution < -0.4 is 4.90 Å². The number of thioether (sulfide) groups is 1. The molecule has 0 atom stereocenters. The standard InChI is InChI=1S/C23H27N3OS2/c1-4-28-19-9-7-18(8-10-19)15-20(27)25-11-13-26(14-12-25)23-24-21-16(2)5-6-17(3)22(21)29-23/h5-10H,4,11-15H2,1-3H3. The minimum atomic E-state index is 0.219. The Labute approximate surface area is 180 Å². The Bertz CT molecular complexity index is 966. The Balaban J connectivity index is 1.37. The number of thiazole rings is 1. The zero-order chi connectivity index (χ0) is 20.4. The number of amides is 1. The number of anilines is 1. The third kappa shape index (κ3) is 4.43. The van der Waals surface area contributed by atoms with E-state index in [2.05, 4.69) is 62.1 Å². The number of rotatable bonds is 5. The molecule has 0 spiro atoms. The molecule has 152 valence electrons. The van der Waals surface area contributed by atoms with E-state index in [0.717, 1.165) is 48.1 Å². The van der Waals surface area contributed by atoms with Crippen LogP contribution in [0.1, 0.15) is 23.6 Å². The molecule has 4 nitrogen and oxygen atoms in total. The van der Waals surface area contributed by atoms with E-state index in [1.54, 1.807) is 11.3 Å². The summed E-state index contributed by atoms with van der Waals surface area (Å²) in [5, 5.41) is 1.08. The van der Waals surface area contributed by atoms with Gasteiger partial charge in [-0.05, 0) is 48.4 Å². The Morgan fingerprint density at radius 2 is 1.72 bits per heavy atom. The van der Waals surface area contributed by atoms with Crippen LogP contribution in [0.3, 0.4) is 0 Å². The molecule has 4 rings (SSSR count). The van der Waals surface area contributed by atoms with Gasteiger partial charge in [-0.1, -0.05) is 42.5 Å². The first-order valence-electron chi connectivity index (χ1n) is 10.2. The van der Waals surface area contributed by atoms with Crippen LogP contribution in [-0.2, 0) is 11.2 Å². The first kappa shape index (κ1) is 20.2. The summed E-state index contributed by atoms with van der Waals surface area (Å²) in [5.74, 6) is 1.28. The molecular weight excluding hydrogens is 398 g/mol. The van der Waals surface area contributed by atoms with Gasteiger partial charge in [0.25, 0.3) is 0 Å². The normalized spacial score (nSPS) is 14.6. The lowest BCUT2D eigenvalue weighted by atomic mass is 10.1. The summed E-state index contributed by atoms with van der Waals surface area (Å²) in [5.41, 5.74) is 4.72. The minimum Gasteiger partial charge on any atom is -0.345 e. The van der Waals surface area contributed by atoms with Gasteiger partial charge in [0.15, 0.2) is 5.13 Å². The highest BCUT2D eigenvalue weighted by Crippen LogP contribution is 2.33. The third-order valence-electron chi connectivity index (χ3n) is 5.42. The van der Waals surface area contributed by atoms with Crippen molar-refractivity contribution in [3.05, 3.63) is 53.1 Å². The van der Waals surface area contributed by atoms with Crippen molar-refractivity contribution in [3.63, 3.8) is 0 Å². The van der Waals surface area contributed by atoms with E-state index in [4.69, 9.17) is 4.98 Å². The maximum atomic E-state index is 12.7. The number of fused-ring (bicyclic) bond motifs is 1. The number of aryl methyl sites for hydroxylation is 2. The van der Waals surface area contributed by atoms with Gasteiger partial charge in [0.1, 0.15) is 0 Å². The van der Waals surface area contributed by atoms with Crippen molar-refractivity contribution in [2.45, 2.75) is 32.1 Å². The lowest BCUT2D eigenvalue weighted by Gasteiger charge is -2.34. The summed E-state index contributed by atoms with van der Waals surface area (Å²) in [4.78, 5) is 23.2. The van der Waals surface area contributed by atoms with E-state index in [0.29, 0.717) is 6.42 Å². The fourth-order valence-corrected chi connectivity index (χ4v) is 5.51. The fourth-order valence-electron chi connectivity index (χ4n) is 3.69. The van der Waals surface area contributed by atoms with Crippen LogP contribution >= 0.6 is 23.1 Å². The largest absolute Gasteiger partial charge is 0.345 e. The highest BCUT2D eigenvalue weighted by atomic mass is 32.2. The molecule has 1 amide bonds. The number of piperazine rings is 1. The molecule has 29 heavy (non-hydrogen) atoms. The van der Waals surface area contributed by atoms with Crippen LogP contribution in [0.25, 0.3) is 10.2 Å². The molecule has 6 heteroatoms. The monoisotopic (exact) mass is 425 g/mol. The van der Waals surface area contributed by atoms with Crippen LogP contribution in [0.4, 0.5) is 5.13 Å². The first-order chi connectivity index (χ1) is 14.0. The van der Waals surface area contributed by atoms with Crippen LogP contribution in [-0.4, -0.2) is 47.7 Å². The van der Waals surface area contributed by atoms with E-state index in [1.165, 1.54) is 20.7 Å². The number of carbonyl (C=O) groups is 1. The summed E-state index contributed by atoms with van der Waals surface area (Å²) >= 11 is 3.60.